The second kappa shape index (κ2) is 17.0. The molecular formula is C30H47NO4Si. The van der Waals surface area contributed by atoms with E-state index in [9.17, 15) is 9.59 Å². The molecule has 1 aromatic carbocycles. The molecule has 0 aliphatic rings. The number of methoxy groups -OCH3 is 1. The molecule has 1 aromatic rings. The van der Waals surface area contributed by atoms with Gasteiger partial charge in [-0.05, 0) is 62.8 Å². The minimum Gasteiger partial charge on any atom is -0.497 e. The third kappa shape index (κ3) is 14.7. The fourth-order valence-electron chi connectivity index (χ4n) is 3.69. The van der Waals surface area contributed by atoms with Crippen LogP contribution in [0, 0.1) is 5.92 Å². The Morgan fingerprint density at radius 1 is 1.11 bits per heavy atom. The van der Waals surface area contributed by atoms with Gasteiger partial charge in [0.15, 0.2) is 0 Å². The SMILES string of the molecule is COc1ccc(CN(C[C@@H](C)CC/C=C/C=C(\C)C/C(C)=C/CC=O)C(=O)OCC[Si](C)(C)C)cc1. The van der Waals surface area contributed by atoms with E-state index in [4.69, 9.17) is 9.47 Å². The summed E-state index contributed by atoms with van der Waals surface area (Å²) in [5, 5.41) is 0. The molecule has 0 aliphatic heterocycles. The topological polar surface area (TPSA) is 55.8 Å². The zero-order valence-electron chi connectivity index (χ0n) is 23.5. The Labute approximate surface area is 220 Å². The Kier molecular flexibility index (Phi) is 14.8. The predicted octanol–water partition coefficient (Wildman–Crippen LogP) is 7.82. The summed E-state index contributed by atoms with van der Waals surface area (Å²) in [5.41, 5.74) is 3.54. The van der Waals surface area contributed by atoms with Gasteiger partial charge in [0.1, 0.15) is 12.0 Å². The Morgan fingerprint density at radius 2 is 1.81 bits per heavy atom. The monoisotopic (exact) mass is 513 g/mol. The summed E-state index contributed by atoms with van der Waals surface area (Å²) in [6.45, 7) is 14.9. The fourth-order valence-corrected chi connectivity index (χ4v) is 4.40. The highest BCUT2D eigenvalue weighted by molar-refractivity contribution is 6.76. The van der Waals surface area contributed by atoms with E-state index in [1.54, 1.807) is 7.11 Å². The number of amides is 1. The van der Waals surface area contributed by atoms with Gasteiger partial charge >= 0.3 is 6.09 Å². The molecule has 0 bridgehead atoms. The average Bonchev–Trinajstić information content (AvgIpc) is 2.81. The van der Waals surface area contributed by atoms with Crippen LogP contribution in [0.25, 0.3) is 0 Å². The van der Waals surface area contributed by atoms with Crippen LogP contribution in [-0.4, -0.2) is 45.6 Å². The zero-order chi connectivity index (χ0) is 27.0. The van der Waals surface area contributed by atoms with Crippen LogP contribution in [-0.2, 0) is 16.1 Å². The van der Waals surface area contributed by atoms with Gasteiger partial charge in [-0.25, -0.2) is 4.79 Å². The molecule has 200 valence electrons. The first-order valence-corrected chi connectivity index (χ1v) is 16.7. The number of hydrogen-bond donors (Lipinski definition) is 0. The summed E-state index contributed by atoms with van der Waals surface area (Å²) >= 11 is 0. The summed E-state index contributed by atoms with van der Waals surface area (Å²) in [6, 6.07) is 8.81. The zero-order valence-corrected chi connectivity index (χ0v) is 24.5. The smallest absolute Gasteiger partial charge is 0.410 e. The van der Waals surface area contributed by atoms with Crippen molar-refractivity contribution in [1.82, 2.24) is 4.90 Å². The van der Waals surface area contributed by atoms with E-state index in [-0.39, 0.29) is 6.09 Å². The van der Waals surface area contributed by atoms with E-state index >= 15 is 0 Å². The number of allylic oxidation sites excluding steroid dienone is 6. The van der Waals surface area contributed by atoms with Crippen molar-refractivity contribution in [2.24, 2.45) is 5.92 Å². The van der Waals surface area contributed by atoms with Crippen LogP contribution in [0.2, 0.25) is 25.7 Å². The molecule has 1 amide bonds. The van der Waals surface area contributed by atoms with E-state index in [1.165, 1.54) is 11.1 Å². The van der Waals surface area contributed by atoms with Crippen molar-refractivity contribution in [1.29, 1.82) is 0 Å². The van der Waals surface area contributed by atoms with Gasteiger partial charge in [-0.2, -0.15) is 0 Å². The maximum absolute atomic E-state index is 12.9. The Hall–Kier alpha value is -2.60. The lowest BCUT2D eigenvalue weighted by atomic mass is 10.0. The van der Waals surface area contributed by atoms with E-state index in [0.29, 0.717) is 32.0 Å². The van der Waals surface area contributed by atoms with Crippen molar-refractivity contribution in [3.05, 3.63) is 65.3 Å². The van der Waals surface area contributed by atoms with Crippen molar-refractivity contribution < 1.29 is 19.1 Å². The van der Waals surface area contributed by atoms with Gasteiger partial charge in [0.05, 0.1) is 13.7 Å². The van der Waals surface area contributed by atoms with Gasteiger partial charge in [0.25, 0.3) is 0 Å². The third-order valence-electron chi connectivity index (χ3n) is 5.86. The highest BCUT2D eigenvalue weighted by Gasteiger charge is 2.20. The first-order chi connectivity index (χ1) is 17.0. The van der Waals surface area contributed by atoms with Gasteiger partial charge < -0.3 is 19.2 Å². The van der Waals surface area contributed by atoms with E-state index in [1.807, 2.05) is 35.2 Å². The molecular weight excluding hydrogens is 466 g/mol. The summed E-state index contributed by atoms with van der Waals surface area (Å²) in [5.74, 6) is 1.15. The molecule has 36 heavy (non-hydrogen) atoms. The number of carbonyl (C=O) groups excluding carboxylic acids is 2. The molecule has 5 nitrogen and oxygen atoms in total. The highest BCUT2D eigenvalue weighted by atomic mass is 28.3. The minimum atomic E-state index is -1.26. The van der Waals surface area contributed by atoms with Crippen LogP contribution < -0.4 is 4.74 Å². The molecule has 0 saturated carbocycles. The Morgan fingerprint density at radius 3 is 2.42 bits per heavy atom. The molecule has 0 N–H and O–H groups in total. The van der Waals surface area contributed by atoms with E-state index in [2.05, 4.69) is 58.6 Å². The number of rotatable bonds is 16. The number of ether oxygens (including phenoxy) is 2. The summed E-state index contributed by atoms with van der Waals surface area (Å²) in [6.07, 6.45) is 12.4. The van der Waals surface area contributed by atoms with Crippen molar-refractivity contribution in [2.75, 3.05) is 20.3 Å². The van der Waals surface area contributed by atoms with Crippen LogP contribution in [0.5, 0.6) is 5.75 Å². The molecule has 0 unspecified atom stereocenters. The number of aldehydes is 1. The molecule has 0 spiro atoms. The fraction of sp³-hybridized carbons (Fsp3) is 0.533. The van der Waals surface area contributed by atoms with Crippen LogP contribution in [0.15, 0.2) is 59.7 Å². The normalized spacial score (nSPS) is 13.5. The molecule has 1 rings (SSSR count). The molecule has 0 radical (unpaired) electrons. The molecule has 0 aromatic heterocycles. The van der Waals surface area contributed by atoms with Gasteiger partial charge in [0, 0.05) is 27.6 Å². The van der Waals surface area contributed by atoms with Crippen LogP contribution >= 0.6 is 0 Å². The van der Waals surface area contributed by atoms with Crippen molar-refractivity contribution in [2.45, 2.75) is 78.7 Å². The second-order valence-corrected chi connectivity index (χ2v) is 16.5. The molecule has 0 saturated heterocycles. The number of benzene rings is 1. The minimum absolute atomic E-state index is 0.233. The molecule has 0 heterocycles. The highest BCUT2D eigenvalue weighted by Crippen LogP contribution is 2.17. The summed E-state index contributed by atoms with van der Waals surface area (Å²) in [7, 11) is 0.388. The maximum Gasteiger partial charge on any atom is 0.410 e. The van der Waals surface area contributed by atoms with E-state index in [0.717, 1.165) is 42.9 Å². The van der Waals surface area contributed by atoms with Crippen molar-refractivity contribution >= 4 is 20.5 Å². The molecule has 0 fully saturated rings. The second-order valence-electron chi connectivity index (χ2n) is 10.9. The predicted molar refractivity (Wildman–Crippen MR) is 153 cm³/mol. The van der Waals surface area contributed by atoms with Gasteiger partial charge in [0.2, 0.25) is 0 Å². The van der Waals surface area contributed by atoms with Crippen LogP contribution in [0.3, 0.4) is 0 Å². The van der Waals surface area contributed by atoms with Gasteiger partial charge in [-0.1, -0.05) is 74.1 Å². The first-order valence-electron chi connectivity index (χ1n) is 13.0. The lowest BCUT2D eigenvalue weighted by molar-refractivity contribution is -0.107. The Bertz CT molecular complexity index is 881. The van der Waals surface area contributed by atoms with Crippen molar-refractivity contribution in [3.8, 4) is 5.75 Å². The summed E-state index contributed by atoms with van der Waals surface area (Å²) in [4.78, 5) is 25.3. The number of hydrogen-bond acceptors (Lipinski definition) is 4. The van der Waals surface area contributed by atoms with Crippen LogP contribution in [0.1, 0.15) is 52.0 Å². The van der Waals surface area contributed by atoms with Crippen LogP contribution in [0.4, 0.5) is 4.79 Å². The molecule has 6 heteroatoms. The maximum atomic E-state index is 12.9. The first kappa shape index (κ1) is 31.4. The Balaban J connectivity index is 2.66. The lowest BCUT2D eigenvalue weighted by Gasteiger charge is -2.26. The number of nitrogens with zero attached hydrogens (tertiary/aromatic N) is 1. The quantitative estimate of drug-likeness (QED) is 0.0978. The average molecular weight is 514 g/mol. The largest absolute Gasteiger partial charge is 0.497 e. The van der Waals surface area contributed by atoms with Gasteiger partial charge in [-0.3, -0.25) is 0 Å². The number of carbonyl (C=O) groups is 2. The molecule has 1 atom stereocenters. The van der Waals surface area contributed by atoms with Crippen molar-refractivity contribution in [3.63, 3.8) is 0 Å². The van der Waals surface area contributed by atoms with Gasteiger partial charge in [-0.15, -0.1) is 0 Å². The third-order valence-corrected chi connectivity index (χ3v) is 7.57. The molecule has 0 aliphatic carbocycles. The standard InChI is InChI=1S/C30H47NO4Si/c1-25(22-26(2)14-11-19-32)12-9-8-10-13-27(3)23-31(30(33)35-20-21-36(5,6)7)24-28-15-17-29(34-4)18-16-28/h8-9,12,14-19,27H,10-11,13,20-24H2,1-7H3/b9-8+,25-12+,26-14+/t27-/m0/s1. The summed E-state index contributed by atoms with van der Waals surface area (Å²) < 4.78 is 10.9. The van der Waals surface area contributed by atoms with E-state index < -0.39 is 8.07 Å². The lowest BCUT2D eigenvalue weighted by Crippen LogP contribution is -2.35.